The molecule has 0 radical (unpaired) electrons. The summed E-state index contributed by atoms with van der Waals surface area (Å²) in [6.07, 6.45) is 5.91. The highest BCUT2D eigenvalue weighted by atomic mass is 16.2. The first-order valence-corrected chi connectivity index (χ1v) is 5.82. The first kappa shape index (κ1) is 11.8. The lowest BCUT2D eigenvalue weighted by Gasteiger charge is -2.23. The Morgan fingerprint density at radius 2 is 2.41 bits per heavy atom. The molecular formula is C11H16N4O2. The van der Waals surface area contributed by atoms with Gasteiger partial charge in [-0.1, -0.05) is 6.42 Å². The Balaban J connectivity index is 1.84. The highest BCUT2D eigenvalue weighted by molar-refractivity contribution is 5.91. The van der Waals surface area contributed by atoms with Gasteiger partial charge in [0.2, 0.25) is 0 Å². The van der Waals surface area contributed by atoms with Gasteiger partial charge in [-0.2, -0.15) is 0 Å². The molecule has 1 fully saturated rings. The van der Waals surface area contributed by atoms with Crippen molar-refractivity contribution in [2.45, 2.75) is 25.3 Å². The van der Waals surface area contributed by atoms with Crippen LogP contribution in [0.15, 0.2) is 17.2 Å². The van der Waals surface area contributed by atoms with Crippen LogP contribution < -0.4 is 16.2 Å². The molecule has 0 aromatic carbocycles. The monoisotopic (exact) mass is 236 g/mol. The zero-order valence-corrected chi connectivity index (χ0v) is 9.53. The van der Waals surface area contributed by atoms with E-state index in [2.05, 4.69) is 20.6 Å². The third-order valence-corrected chi connectivity index (χ3v) is 2.83. The summed E-state index contributed by atoms with van der Waals surface area (Å²) in [5.74, 6) is -0.256. The molecule has 6 nitrogen and oxygen atoms in total. The van der Waals surface area contributed by atoms with Crippen LogP contribution in [0.5, 0.6) is 0 Å². The molecule has 0 saturated carbocycles. The van der Waals surface area contributed by atoms with Gasteiger partial charge in [0, 0.05) is 18.8 Å². The Morgan fingerprint density at radius 1 is 1.53 bits per heavy atom. The number of carbonyl (C=O) groups is 1. The molecule has 6 heteroatoms. The number of H-pyrrole nitrogens is 1. The normalized spacial score (nSPS) is 19.9. The van der Waals surface area contributed by atoms with E-state index in [9.17, 15) is 9.59 Å². The third-order valence-electron chi connectivity index (χ3n) is 2.83. The number of amides is 1. The van der Waals surface area contributed by atoms with Crippen molar-refractivity contribution in [2.75, 3.05) is 13.1 Å². The Morgan fingerprint density at radius 3 is 3.06 bits per heavy atom. The minimum absolute atomic E-state index is 0.236. The number of aromatic nitrogens is 2. The molecule has 1 unspecified atom stereocenters. The van der Waals surface area contributed by atoms with Crippen molar-refractivity contribution in [3.8, 4) is 0 Å². The molecule has 1 aliphatic heterocycles. The molecule has 2 heterocycles. The van der Waals surface area contributed by atoms with Crippen LogP contribution >= 0.6 is 0 Å². The van der Waals surface area contributed by atoms with Crippen molar-refractivity contribution in [1.29, 1.82) is 0 Å². The second-order valence-electron chi connectivity index (χ2n) is 4.15. The Kier molecular flexibility index (Phi) is 3.87. The molecule has 17 heavy (non-hydrogen) atoms. The van der Waals surface area contributed by atoms with Crippen LogP contribution in [0.25, 0.3) is 0 Å². The highest BCUT2D eigenvalue weighted by Gasteiger charge is 2.14. The number of hydrogen-bond acceptors (Lipinski definition) is 4. The number of hydrogen-bond donors (Lipinski definition) is 3. The zero-order valence-electron chi connectivity index (χ0n) is 9.53. The molecule has 2 rings (SSSR count). The maximum absolute atomic E-state index is 11.7. The van der Waals surface area contributed by atoms with Crippen LogP contribution in [0.1, 0.15) is 29.8 Å². The van der Waals surface area contributed by atoms with Crippen LogP contribution in [-0.2, 0) is 0 Å². The van der Waals surface area contributed by atoms with Crippen molar-refractivity contribution >= 4 is 5.91 Å². The lowest BCUT2D eigenvalue weighted by molar-refractivity contribution is 0.0942. The number of aromatic amines is 1. The van der Waals surface area contributed by atoms with Gasteiger partial charge in [0.15, 0.2) is 0 Å². The number of rotatable bonds is 3. The summed E-state index contributed by atoms with van der Waals surface area (Å²) in [5, 5.41) is 6.14. The molecule has 1 aromatic heterocycles. The van der Waals surface area contributed by atoms with Crippen molar-refractivity contribution < 1.29 is 4.79 Å². The fourth-order valence-corrected chi connectivity index (χ4v) is 1.87. The first-order valence-electron chi connectivity index (χ1n) is 5.82. The summed E-state index contributed by atoms with van der Waals surface area (Å²) in [4.78, 5) is 28.7. The summed E-state index contributed by atoms with van der Waals surface area (Å²) in [6.45, 7) is 1.61. The Labute approximate surface area is 98.8 Å². The van der Waals surface area contributed by atoms with Gasteiger partial charge in [-0.05, 0) is 19.4 Å². The van der Waals surface area contributed by atoms with Gasteiger partial charge in [-0.15, -0.1) is 0 Å². The van der Waals surface area contributed by atoms with Gasteiger partial charge in [0.25, 0.3) is 11.5 Å². The number of nitrogens with one attached hydrogen (secondary N) is 3. The van der Waals surface area contributed by atoms with Gasteiger partial charge < -0.3 is 15.6 Å². The molecule has 0 spiro atoms. The van der Waals surface area contributed by atoms with Crippen molar-refractivity contribution in [2.24, 2.45) is 0 Å². The van der Waals surface area contributed by atoms with E-state index in [4.69, 9.17) is 0 Å². The Hall–Kier alpha value is -1.69. The fraction of sp³-hybridized carbons (Fsp3) is 0.545. The molecule has 1 aliphatic rings. The Bertz CT molecular complexity index is 417. The van der Waals surface area contributed by atoms with Crippen LogP contribution in [0.4, 0.5) is 0 Å². The standard InChI is InChI=1S/C11H16N4O2/c16-10-7-13-9(6-14-10)11(17)15-5-8-3-1-2-4-12-8/h6-8,12H,1-5H2,(H,14,16)(H,15,17). The van der Waals surface area contributed by atoms with E-state index in [1.165, 1.54) is 19.0 Å². The maximum atomic E-state index is 11.7. The summed E-state index contributed by atoms with van der Waals surface area (Å²) >= 11 is 0. The SMILES string of the molecule is O=C(NCC1CCCCN1)c1c[nH]c(=O)cn1. The minimum atomic E-state index is -0.310. The van der Waals surface area contributed by atoms with Crippen LogP contribution in [0, 0.1) is 0 Å². The van der Waals surface area contributed by atoms with E-state index < -0.39 is 0 Å². The second-order valence-corrected chi connectivity index (χ2v) is 4.15. The van der Waals surface area contributed by atoms with Crippen molar-refractivity contribution in [3.63, 3.8) is 0 Å². The number of carbonyl (C=O) groups excluding carboxylic acids is 1. The molecule has 1 atom stereocenters. The van der Waals surface area contributed by atoms with Crippen LogP contribution in [0.2, 0.25) is 0 Å². The van der Waals surface area contributed by atoms with Gasteiger partial charge in [0.1, 0.15) is 5.69 Å². The predicted octanol–water partition coefficient (Wildman–Crippen LogP) is -0.358. The van der Waals surface area contributed by atoms with Crippen molar-refractivity contribution in [1.82, 2.24) is 20.6 Å². The molecule has 1 aromatic rings. The summed E-state index contributed by atoms with van der Waals surface area (Å²) < 4.78 is 0. The largest absolute Gasteiger partial charge is 0.349 e. The molecule has 0 aliphatic carbocycles. The van der Waals surface area contributed by atoms with E-state index in [1.807, 2.05) is 0 Å². The predicted molar refractivity (Wildman–Crippen MR) is 62.8 cm³/mol. The van der Waals surface area contributed by atoms with E-state index >= 15 is 0 Å². The lowest BCUT2D eigenvalue weighted by atomic mass is 10.1. The van der Waals surface area contributed by atoms with Gasteiger partial charge in [0.05, 0.1) is 6.20 Å². The second kappa shape index (κ2) is 5.58. The zero-order chi connectivity index (χ0) is 12.1. The van der Waals surface area contributed by atoms with Gasteiger partial charge >= 0.3 is 0 Å². The summed E-state index contributed by atoms with van der Waals surface area (Å²) in [6, 6.07) is 0.343. The smallest absolute Gasteiger partial charge is 0.271 e. The average molecular weight is 236 g/mol. The molecular weight excluding hydrogens is 220 g/mol. The number of nitrogens with zero attached hydrogens (tertiary/aromatic N) is 1. The lowest BCUT2D eigenvalue weighted by Crippen LogP contribution is -2.43. The van der Waals surface area contributed by atoms with Gasteiger partial charge in [-0.25, -0.2) is 4.98 Å². The molecule has 1 saturated heterocycles. The number of piperidine rings is 1. The molecule has 3 N–H and O–H groups in total. The maximum Gasteiger partial charge on any atom is 0.271 e. The third kappa shape index (κ3) is 3.39. The van der Waals surface area contributed by atoms with E-state index in [0.29, 0.717) is 12.6 Å². The van der Waals surface area contributed by atoms with E-state index in [0.717, 1.165) is 19.2 Å². The van der Waals surface area contributed by atoms with Crippen LogP contribution in [0.3, 0.4) is 0 Å². The quantitative estimate of drug-likeness (QED) is 0.669. The first-order chi connectivity index (χ1) is 8.25. The topological polar surface area (TPSA) is 86.9 Å². The van der Waals surface area contributed by atoms with Gasteiger partial charge in [-0.3, -0.25) is 9.59 Å². The average Bonchev–Trinajstić information content (AvgIpc) is 2.38. The molecule has 0 bridgehead atoms. The molecule has 92 valence electrons. The van der Waals surface area contributed by atoms with Crippen LogP contribution in [-0.4, -0.2) is 35.0 Å². The van der Waals surface area contributed by atoms with E-state index in [-0.39, 0.29) is 17.2 Å². The highest BCUT2D eigenvalue weighted by Crippen LogP contribution is 2.05. The minimum Gasteiger partial charge on any atom is -0.349 e. The van der Waals surface area contributed by atoms with Crippen molar-refractivity contribution in [3.05, 3.63) is 28.4 Å². The molecule has 1 amide bonds. The summed E-state index contributed by atoms with van der Waals surface area (Å²) in [7, 11) is 0. The fourth-order valence-electron chi connectivity index (χ4n) is 1.87. The summed E-state index contributed by atoms with van der Waals surface area (Å²) in [5.41, 5.74) is -0.0732. The van der Waals surface area contributed by atoms with E-state index in [1.54, 1.807) is 0 Å².